The quantitative estimate of drug-likeness (QED) is 0.788. The zero-order chi connectivity index (χ0) is 16.1. The lowest BCUT2D eigenvalue weighted by Crippen LogP contribution is -2.32. The minimum Gasteiger partial charge on any atom is -0.343 e. The Morgan fingerprint density at radius 2 is 1.83 bits per heavy atom. The Kier molecular flexibility index (Phi) is 4.42. The first kappa shape index (κ1) is 14.9. The first-order valence-corrected chi connectivity index (χ1v) is 7.18. The molecule has 116 valence electrons. The summed E-state index contributed by atoms with van der Waals surface area (Å²) in [5, 5.41) is 11.0. The van der Waals surface area contributed by atoms with Gasteiger partial charge in [-0.3, -0.25) is 4.79 Å². The molecule has 1 aromatic heterocycles. The fraction of sp³-hybridized carbons (Fsp3) is 0.118. The number of aromatic nitrogens is 3. The number of halogens is 1. The van der Waals surface area contributed by atoms with Gasteiger partial charge in [0.05, 0.1) is 25.0 Å². The predicted octanol–water partition coefficient (Wildman–Crippen LogP) is 2.59. The van der Waals surface area contributed by atoms with E-state index in [1.165, 1.54) is 23.0 Å². The molecule has 0 fully saturated rings. The van der Waals surface area contributed by atoms with Gasteiger partial charge in [-0.2, -0.15) is 15.0 Å². The van der Waals surface area contributed by atoms with Crippen molar-refractivity contribution in [3.05, 3.63) is 83.9 Å². The van der Waals surface area contributed by atoms with Gasteiger partial charge in [0.25, 0.3) is 5.91 Å². The minimum atomic E-state index is -0.442. The highest BCUT2D eigenvalue weighted by Crippen LogP contribution is 2.15. The molecule has 0 bridgehead atoms. The molecular formula is C17H15FN4O. The first-order chi connectivity index (χ1) is 11.2. The Labute approximate surface area is 132 Å². The largest absolute Gasteiger partial charge is 0.343 e. The van der Waals surface area contributed by atoms with E-state index in [9.17, 15) is 9.18 Å². The van der Waals surface area contributed by atoms with Crippen molar-refractivity contribution in [2.24, 2.45) is 0 Å². The van der Waals surface area contributed by atoms with E-state index in [-0.39, 0.29) is 17.5 Å². The SMILES string of the molecule is O=C(NC(Cn1nccn1)c1ccccc1)c1cccc(F)c1. The third-order valence-corrected chi connectivity index (χ3v) is 3.41. The van der Waals surface area contributed by atoms with Crippen LogP contribution in [0.4, 0.5) is 4.39 Å². The molecule has 1 N–H and O–H groups in total. The summed E-state index contributed by atoms with van der Waals surface area (Å²) in [4.78, 5) is 13.9. The predicted molar refractivity (Wildman–Crippen MR) is 83.1 cm³/mol. The van der Waals surface area contributed by atoms with Gasteiger partial charge in [0.15, 0.2) is 0 Å². The normalized spacial score (nSPS) is 11.9. The zero-order valence-corrected chi connectivity index (χ0v) is 12.3. The molecule has 0 aliphatic carbocycles. The van der Waals surface area contributed by atoms with Crippen molar-refractivity contribution in [2.75, 3.05) is 0 Å². The lowest BCUT2D eigenvalue weighted by Gasteiger charge is -2.19. The van der Waals surface area contributed by atoms with Crippen LogP contribution in [0.5, 0.6) is 0 Å². The van der Waals surface area contributed by atoms with Crippen LogP contribution in [0.2, 0.25) is 0 Å². The molecule has 1 atom stereocenters. The van der Waals surface area contributed by atoms with Crippen LogP contribution in [0.1, 0.15) is 22.0 Å². The maximum atomic E-state index is 13.3. The lowest BCUT2D eigenvalue weighted by atomic mass is 10.1. The fourth-order valence-electron chi connectivity index (χ4n) is 2.29. The molecule has 1 amide bonds. The van der Waals surface area contributed by atoms with Crippen LogP contribution in [-0.4, -0.2) is 20.9 Å². The lowest BCUT2D eigenvalue weighted by molar-refractivity contribution is 0.0930. The van der Waals surface area contributed by atoms with E-state index in [0.717, 1.165) is 5.56 Å². The van der Waals surface area contributed by atoms with E-state index in [2.05, 4.69) is 15.5 Å². The Morgan fingerprint density at radius 3 is 2.52 bits per heavy atom. The summed E-state index contributed by atoms with van der Waals surface area (Å²) in [5.74, 6) is -0.784. The van der Waals surface area contributed by atoms with Gasteiger partial charge in [0.1, 0.15) is 5.82 Å². The monoisotopic (exact) mass is 310 g/mol. The summed E-state index contributed by atoms with van der Waals surface area (Å²) in [6, 6.07) is 14.8. The molecular weight excluding hydrogens is 295 g/mol. The van der Waals surface area contributed by atoms with E-state index < -0.39 is 5.82 Å². The maximum absolute atomic E-state index is 13.3. The van der Waals surface area contributed by atoms with Crippen LogP contribution < -0.4 is 5.32 Å². The van der Waals surface area contributed by atoms with Gasteiger partial charge in [-0.05, 0) is 23.8 Å². The Bertz CT molecular complexity index is 774. The molecule has 2 aromatic carbocycles. The molecule has 0 aliphatic rings. The van der Waals surface area contributed by atoms with E-state index >= 15 is 0 Å². The number of carbonyl (C=O) groups is 1. The second kappa shape index (κ2) is 6.83. The van der Waals surface area contributed by atoms with Crippen molar-refractivity contribution in [3.8, 4) is 0 Å². The summed E-state index contributed by atoms with van der Waals surface area (Å²) in [5.41, 5.74) is 1.20. The van der Waals surface area contributed by atoms with Crippen molar-refractivity contribution in [1.82, 2.24) is 20.3 Å². The van der Waals surface area contributed by atoms with Gasteiger partial charge in [-0.1, -0.05) is 36.4 Å². The topological polar surface area (TPSA) is 59.8 Å². The number of nitrogens with zero attached hydrogens (tertiary/aromatic N) is 3. The van der Waals surface area contributed by atoms with Crippen LogP contribution in [-0.2, 0) is 6.54 Å². The Balaban J connectivity index is 1.82. The average molecular weight is 310 g/mol. The van der Waals surface area contributed by atoms with Gasteiger partial charge < -0.3 is 5.32 Å². The molecule has 6 heteroatoms. The molecule has 0 aliphatic heterocycles. The smallest absolute Gasteiger partial charge is 0.251 e. The van der Waals surface area contributed by atoms with Crippen LogP contribution in [0, 0.1) is 5.82 Å². The second-order valence-electron chi connectivity index (χ2n) is 5.03. The third kappa shape index (κ3) is 3.79. The fourth-order valence-corrected chi connectivity index (χ4v) is 2.29. The minimum absolute atomic E-state index is 0.277. The number of rotatable bonds is 5. The molecule has 0 spiro atoms. The number of hydrogen-bond donors (Lipinski definition) is 1. The first-order valence-electron chi connectivity index (χ1n) is 7.18. The van der Waals surface area contributed by atoms with E-state index in [0.29, 0.717) is 6.54 Å². The maximum Gasteiger partial charge on any atom is 0.251 e. The van der Waals surface area contributed by atoms with Gasteiger partial charge in [-0.25, -0.2) is 4.39 Å². The summed E-state index contributed by atoms with van der Waals surface area (Å²) in [7, 11) is 0. The highest BCUT2D eigenvalue weighted by molar-refractivity contribution is 5.94. The highest BCUT2D eigenvalue weighted by Gasteiger charge is 2.17. The molecule has 23 heavy (non-hydrogen) atoms. The summed E-state index contributed by atoms with van der Waals surface area (Å²) in [6.07, 6.45) is 3.16. The Morgan fingerprint density at radius 1 is 1.09 bits per heavy atom. The van der Waals surface area contributed by atoms with Gasteiger partial charge in [0, 0.05) is 5.56 Å². The van der Waals surface area contributed by atoms with Crippen LogP contribution in [0.25, 0.3) is 0 Å². The van der Waals surface area contributed by atoms with Crippen molar-refractivity contribution in [3.63, 3.8) is 0 Å². The summed E-state index contributed by atoms with van der Waals surface area (Å²) >= 11 is 0. The molecule has 3 rings (SSSR count). The number of nitrogens with one attached hydrogen (secondary N) is 1. The van der Waals surface area contributed by atoms with Crippen LogP contribution in [0.3, 0.4) is 0 Å². The number of benzene rings is 2. The molecule has 0 saturated heterocycles. The summed E-state index contributed by atoms with van der Waals surface area (Å²) < 4.78 is 13.3. The number of amides is 1. The van der Waals surface area contributed by atoms with Gasteiger partial charge in [0.2, 0.25) is 0 Å². The van der Waals surface area contributed by atoms with E-state index in [1.54, 1.807) is 18.5 Å². The average Bonchev–Trinajstić information content (AvgIpc) is 3.08. The second-order valence-corrected chi connectivity index (χ2v) is 5.03. The number of carbonyl (C=O) groups excluding carboxylic acids is 1. The van der Waals surface area contributed by atoms with Crippen molar-refractivity contribution in [2.45, 2.75) is 12.6 Å². The molecule has 1 unspecified atom stereocenters. The molecule has 3 aromatic rings. The van der Waals surface area contributed by atoms with Crippen LogP contribution >= 0.6 is 0 Å². The van der Waals surface area contributed by atoms with Crippen LogP contribution in [0.15, 0.2) is 67.0 Å². The van der Waals surface area contributed by atoms with E-state index in [1.807, 2.05) is 30.3 Å². The van der Waals surface area contributed by atoms with Gasteiger partial charge in [-0.15, -0.1) is 0 Å². The summed E-state index contributed by atoms with van der Waals surface area (Å²) in [6.45, 7) is 0.387. The van der Waals surface area contributed by atoms with Gasteiger partial charge >= 0.3 is 0 Å². The standard InChI is InChI=1S/C17H15FN4O/c18-15-8-4-7-14(11-15)17(23)21-16(12-22-19-9-10-20-22)13-5-2-1-3-6-13/h1-11,16H,12H2,(H,21,23). The zero-order valence-electron chi connectivity index (χ0n) is 12.3. The molecule has 0 radical (unpaired) electrons. The highest BCUT2D eigenvalue weighted by atomic mass is 19.1. The van der Waals surface area contributed by atoms with E-state index in [4.69, 9.17) is 0 Å². The van der Waals surface area contributed by atoms with Crippen molar-refractivity contribution in [1.29, 1.82) is 0 Å². The molecule has 0 saturated carbocycles. The van der Waals surface area contributed by atoms with Crippen molar-refractivity contribution < 1.29 is 9.18 Å². The number of hydrogen-bond acceptors (Lipinski definition) is 3. The third-order valence-electron chi connectivity index (χ3n) is 3.41. The molecule has 1 heterocycles. The molecule has 5 nitrogen and oxygen atoms in total. The van der Waals surface area contributed by atoms with Crippen molar-refractivity contribution >= 4 is 5.91 Å². The Hall–Kier alpha value is -3.02.